The molecule has 0 atom stereocenters. The van der Waals surface area contributed by atoms with E-state index >= 15 is 0 Å². The summed E-state index contributed by atoms with van der Waals surface area (Å²) in [6.07, 6.45) is 4.37. The predicted molar refractivity (Wildman–Crippen MR) is 132 cm³/mol. The first kappa shape index (κ1) is 22.2. The van der Waals surface area contributed by atoms with Crippen molar-refractivity contribution >= 4 is 39.6 Å². The zero-order valence-electron chi connectivity index (χ0n) is 18.6. The SMILES string of the molecule is N#Cc1cnn(-c2ncccn2)c1N=Nc1c(O)c(C(=O)Nc2ccc(N)cc2)cc2ccccc12. The lowest BCUT2D eigenvalue weighted by atomic mass is 10.0. The van der Waals surface area contributed by atoms with Crippen LogP contribution in [0.15, 0.2) is 89.5 Å². The molecule has 174 valence electrons. The first-order valence-corrected chi connectivity index (χ1v) is 10.6. The Hall–Kier alpha value is -5.63. The molecule has 11 nitrogen and oxygen atoms in total. The number of nitrogen functional groups attached to an aromatic ring is 1. The molecular formula is C25H17N9O2. The Kier molecular flexibility index (Phi) is 5.74. The van der Waals surface area contributed by atoms with E-state index in [0.717, 1.165) is 0 Å². The molecule has 1 amide bonds. The summed E-state index contributed by atoms with van der Waals surface area (Å²) in [5, 5.41) is 37.1. The van der Waals surface area contributed by atoms with Gasteiger partial charge < -0.3 is 16.2 Å². The number of hydrogen-bond acceptors (Lipinski definition) is 9. The maximum Gasteiger partial charge on any atom is 0.259 e. The van der Waals surface area contributed by atoms with Crippen LogP contribution in [0.4, 0.5) is 22.9 Å². The van der Waals surface area contributed by atoms with Gasteiger partial charge in [0, 0.05) is 29.2 Å². The number of aromatic hydroxyl groups is 1. The third-order valence-electron chi connectivity index (χ3n) is 5.26. The molecule has 0 bridgehead atoms. The van der Waals surface area contributed by atoms with Crippen LogP contribution in [0.25, 0.3) is 16.7 Å². The van der Waals surface area contributed by atoms with Crippen molar-refractivity contribution in [3.63, 3.8) is 0 Å². The highest BCUT2D eigenvalue weighted by molar-refractivity contribution is 6.11. The molecule has 0 saturated heterocycles. The molecule has 0 aliphatic rings. The van der Waals surface area contributed by atoms with Gasteiger partial charge >= 0.3 is 0 Å². The van der Waals surface area contributed by atoms with Gasteiger partial charge in [-0.15, -0.1) is 10.2 Å². The van der Waals surface area contributed by atoms with Gasteiger partial charge in [-0.25, -0.2) is 9.97 Å². The van der Waals surface area contributed by atoms with Gasteiger partial charge in [0.2, 0.25) is 0 Å². The lowest BCUT2D eigenvalue weighted by Gasteiger charge is -2.11. The molecule has 2 heterocycles. The Balaban J connectivity index is 1.60. The predicted octanol–water partition coefficient (Wildman–Crippen LogP) is 4.64. The van der Waals surface area contributed by atoms with Crippen molar-refractivity contribution in [3.8, 4) is 17.8 Å². The summed E-state index contributed by atoms with van der Waals surface area (Å²) in [4.78, 5) is 21.3. The molecule has 5 rings (SSSR count). The van der Waals surface area contributed by atoms with Gasteiger partial charge in [-0.3, -0.25) is 4.79 Å². The number of anilines is 2. The molecule has 36 heavy (non-hydrogen) atoms. The van der Waals surface area contributed by atoms with E-state index in [1.54, 1.807) is 60.7 Å². The van der Waals surface area contributed by atoms with Crippen LogP contribution in [0.2, 0.25) is 0 Å². The van der Waals surface area contributed by atoms with Crippen molar-refractivity contribution in [3.05, 3.63) is 90.4 Å². The molecular weight excluding hydrogens is 458 g/mol. The van der Waals surface area contributed by atoms with E-state index < -0.39 is 5.91 Å². The van der Waals surface area contributed by atoms with E-state index in [1.165, 1.54) is 23.3 Å². The largest absolute Gasteiger partial charge is 0.505 e. The van der Waals surface area contributed by atoms with Crippen molar-refractivity contribution < 1.29 is 9.90 Å². The highest BCUT2D eigenvalue weighted by atomic mass is 16.3. The van der Waals surface area contributed by atoms with Crippen LogP contribution in [-0.2, 0) is 0 Å². The van der Waals surface area contributed by atoms with E-state index in [2.05, 4.69) is 30.6 Å². The standard InChI is InChI=1S/C25H17N9O2/c26-13-16-14-30-34(25-28-10-3-11-29-25)23(16)33-32-21-19-5-2-1-4-15(19)12-20(22(21)35)24(36)31-18-8-6-17(27)7-9-18/h1-12,14,35H,27H2,(H,31,36). The first-order valence-electron chi connectivity index (χ1n) is 10.6. The summed E-state index contributed by atoms with van der Waals surface area (Å²) in [6.45, 7) is 0. The summed E-state index contributed by atoms with van der Waals surface area (Å²) in [7, 11) is 0. The fraction of sp³-hybridized carbons (Fsp3) is 0. The normalized spacial score (nSPS) is 11.0. The average molecular weight is 475 g/mol. The van der Waals surface area contributed by atoms with Crippen molar-refractivity contribution in [1.82, 2.24) is 19.7 Å². The Morgan fingerprint density at radius 3 is 2.56 bits per heavy atom. The molecule has 0 saturated carbocycles. The molecule has 0 spiro atoms. The second-order valence-electron chi connectivity index (χ2n) is 7.57. The number of nitrogens with zero attached hydrogens (tertiary/aromatic N) is 7. The fourth-order valence-electron chi connectivity index (χ4n) is 3.52. The van der Waals surface area contributed by atoms with E-state index in [9.17, 15) is 15.2 Å². The molecule has 3 aromatic carbocycles. The van der Waals surface area contributed by atoms with Crippen LogP contribution >= 0.6 is 0 Å². The topological polar surface area (TPSA) is 167 Å². The van der Waals surface area contributed by atoms with Gasteiger partial charge in [0.05, 0.1) is 11.8 Å². The minimum atomic E-state index is -0.542. The van der Waals surface area contributed by atoms with Crippen molar-refractivity contribution in [1.29, 1.82) is 5.26 Å². The van der Waals surface area contributed by atoms with Crippen LogP contribution in [0.3, 0.4) is 0 Å². The first-order chi connectivity index (χ1) is 17.5. The highest BCUT2D eigenvalue weighted by Crippen LogP contribution is 2.40. The number of carbonyl (C=O) groups excluding carboxylic acids is 1. The van der Waals surface area contributed by atoms with Gasteiger partial charge in [-0.1, -0.05) is 24.3 Å². The van der Waals surface area contributed by atoms with Gasteiger partial charge in [0.25, 0.3) is 11.9 Å². The number of amides is 1. The Labute approximate surface area is 204 Å². The van der Waals surface area contributed by atoms with E-state index in [1.807, 2.05) is 6.07 Å². The molecule has 0 fully saturated rings. The lowest BCUT2D eigenvalue weighted by molar-refractivity contribution is 0.102. The second kappa shape index (κ2) is 9.32. The number of benzene rings is 3. The average Bonchev–Trinajstić information content (AvgIpc) is 3.32. The van der Waals surface area contributed by atoms with Crippen LogP contribution in [0.1, 0.15) is 15.9 Å². The van der Waals surface area contributed by atoms with Gasteiger partial charge in [0.15, 0.2) is 11.6 Å². The number of fused-ring (bicyclic) bond motifs is 1. The maximum atomic E-state index is 13.0. The minimum absolute atomic E-state index is 0.000109. The smallest absolute Gasteiger partial charge is 0.259 e. The number of aromatic nitrogens is 4. The van der Waals surface area contributed by atoms with E-state index in [4.69, 9.17) is 5.73 Å². The Morgan fingerprint density at radius 1 is 1.06 bits per heavy atom. The summed E-state index contributed by atoms with van der Waals surface area (Å²) in [5.41, 5.74) is 6.96. The van der Waals surface area contributed by atoms with Crippen LogP contribution in [0.5, 0.6) is 5.75 Å². The number of azo groups is 1. The molecule has 0 radical (unpaired) electrons. The van der Waals surface area contributed by atoms with Gasteiger partial charge in [-0.2, -0.15) is 15.0 Å². The van der Waals surface area contributed by atoms with E-state index in [-0.39, 0.29) is 34.3 Å². The van der Waals surface area contributed by atoms with E-state index in [0.29, 0.717) is 22.1 Å². The minimum Gasteiger partial charge on any atom is -0.505 e. The Bertz CT molecular complexity index is 1650. The molecule has 5 aromatic rings. The van der Waals surface area contributed by atoms with Crippen molar-refractivity contribution in [2.24, 2.45) is 10.2 Å². The summed E-state index contributed by atoms with van der Waals surface area (Å²) < 4.78 is 1.26. The number of nitrogens with two attached hydrogens (primary N) is 1. The molecule has 2 aromatic heterocycles. The maximum absolute atomic E-state index is 13.0. The fourth-order valence-corrected chi connectivity index (χ4v) is 3.52. The van der Waals surface area contributed by atoms with Gasteiger partial charge in [-0.05, 0) is 41.8 Å². The second-order valence-corrected chi connectivity index (χ2v) is 7.57. The molecule has 11 heteroatoms. The summed E-state index contributed by atoms with van der Waals surface area (Å²) in [5.74, 6) is -0.645. The number of hydrogen-bond donors (Lipinski definition) is 3. The van der Waals surface area contributed by atoms with Crippen LogP contribution < -0.4 is 11.1 Å². The number of nitriles is 1. The Morgan fingerprint density at radius 2 is 1.81 bits per heavy atom. The van der Waals surface area contributed by atoms with Crippen LogP contribution in [-0.4, -0.2) is 30.8 Å². The summed E-state index contributed by atoms with van der Waals surface area (Å²) in [6, 6.07) is 18.9. The zero-order valence-corrected chi connectivity index (χ0v) is 18.6. The monoisotopic (exact) mass is 475 g/mol. The molecule has 4 N–H and O–H groups in total. The van der Waals surface area contributed by atoms with Crippen molar-refractivity contribution in [2.45, 2.75) is 0 Å². The highest BCUT2D eigenvalue weighted by Gasteiger charge is 2.20. The third-order valence-corrected chi connectivity index (χ3v) is 5.26. The van der Waals surface area contributed by atoms with Crippen LogP contribution in [0, 0.1) is 11.3 Å². The summed E-state index contributed by atoms with van der Waals surface area (Å²) >= 11 is 0. The number of nitrogens with one attached hydrogen (secondary N) is 1. The number of rotatable bonds is 5. The third kappa shape index (κ3) is 4.17. The molecule has 0 unspecified atom stereocenters. The lowest BCUT2D eigenvalue weighted by Crippen LogP contribution is -2.12. The molecule has 0 aliphatic heterocycles. The zero-order chi connectivity index (χ0) is 25.1. The number of phenols is 1. The van der Waals surface area contributed by atoms with Gasteiger partial charge in [0.1, 0.15) is 17.3 Å². The number of phenolic OH excluding ortho intramolecular Hbond substituents is 1. The molecule has 0 aliphatic carbocycles. The number of carbonyl (C=O) groups is 1. The van der Waals surface area contributed by atoms with Crippen molar-refractivity contribution in [2.75, 3.05) is 11.1 Å². The quantitative estimate of drug-likeness (QED) is 0.246.